The minimum absolute atomic E-state index is 0.0360. The van der Waals surface area contributed by atoms with E-state index in [4.69, 9.17) is 4.74 Å². The fourth-order valence-electron chi connectivity index (χ4n) is 8.27. The van der Waals surface area contributed by atoms with E-state index in [1.807, 2.05) is 35.2 Å². The van der Waals surface area contributed by atoms with Gasteiger partial charge in [0.25, 0.3) is 0 Å². The standard InChI is InChI=1S/C30H36N2O3/c1-35-26-11-9-24(10-12-26)29-15-21-14-22(16-29)18-30(17-21,20-29)28(34)32-13-5-6-23(19-32)27(33)31-25-7-3-2-4-8-25/h2-4,7-12,21-23H,5-6,13-20H2,1H3,(H,31,33). The van der Waals surface area contributed by atoms with E-state index in [1.165, 1.54) is 24.8 Å². The van der Waals surface area contributed by atoms with Crippen LogP contribution in [0.25, 0.3) is 0 Å². The summed E-state index contributed by atoms with van der Waals surface area (Å²) in [5.41, 5.74) is 2.04. The lowest BCUT2D eigenvalue weighted by molar-refractivity contribution is -0.162. The predicted octanol–water partition coefficient (Wildman–Crippen LogP) is 5.41. The average molecular weight is 473 g/mol. The first-order valence-electron chi connectivity index (χ1n) is 13.3. The fraction of sp³-hybridized carbons (Fsp3) is 0.533. The summed E-state index contributed by atoms with van der Waals surface area (Å²) in [5, 5.41) is 3.06. The number of hydrogen-bond acceptors (Lipinski definition) is 3. The van der Waals surface area contributed by atoms with Gasteiger partial charge in [-0.25, -0.2) is 0 Å². The largest absolute Gasteiger partial charge is 0.497 e. The van der Waals surface area contributed by atoms with E-state index in [9.17, 15) is 9.59 Å². The first kappa shape index (κ1) is 22.6. The maximum Gasteiger partial charge on any atom is 0.229 e. The summed E-state index contributed by atoms with van der Waals surface area (Å²) >= 11 is 0. The molecule has 2 amide bonds. The number of hydrogen-bond donors (Lipinski definition) is 1. The van der Waals surface area contributed by atoms with Crippen LogP contribution in [0.3, 0.4) is 0 Å². The summed E-state index contributed by atoms with van der Waals surface area (Å²) in [6.07, 6.45) is 8.42. The van der Waals surface area contributed by atoms with Crippen LogP contribution in [-0.4, -0.2) is 36.9 Å². The van der Waals surface area contributed by atoms with Gasteiger partial charge in [-0.3, -0.25) is 9.59 Å². The van der Waals surface area contributed by atoms with E-state index in [-0.39, 0.29) is 22.7 Å². The highest BCUT2D eigenvalue weighted by Gasteiger charge is 2.61. The Balaban J connectivity index is 1.21. The number of nitrogens with zero attached hydrogens (tertiary/aromatic N) is 1. The van der Waals surface area contributed by atoms with Gasteiger partial charge < -0.3 is 15.0 Å². The first-order valence-corrected chi connectivity index (χ1v) is 13.3. The molecule has 4 bridgehead atoms. The molecule has 1 N–H and O–H groups in total. The van der Waals surface area contributed by atoms with Gasteiger partial charge in [-0.2, -0.15) is 0 Å². The number of carbonyl (C=O) groups is 2. The number of para-hydroxylation sites is 1. The third-order valence-electron chi connectivity index (χ3n) is 9.34. The van der Waals surface area contributed by atoms with E-state index in [2.05, 4.69) is 29.6 Å². The highest BCUT2D eigenvalue weighted by molar-refractivity contribution is 5.93. The number of nitrogens with one attached hydrogen (secondary N) is 1. The van der Waals surface area contributed by atoms with Crippen molar-refractivity contribution >= 4 is 17.5 Å². The minimum atomic E-state index is -0.262. The summed E-state index contributed by atoms with van der Waals surface area (Å²) in [6, 6.07) is 18.2. The molecule has 4 saturated carbocycles. The number of anilines is 1. The Morgan fingerprint density at radius 2 is 1.69 bits per heavy atom. The van der Waals surface area contributed by atoms with Crippen molar-refractivity contribution in [2.45, 2.75) is 56.8 Å². The molecule has 1 aliphatic heterocycles. The average Bonchev–Trinajstić information content (AvgIpc) is 2.88. The van der Waals surface area contributed by atoms with Crippen LogP contribution in [-0.2, 0) is 15.0 Å². The van der Waals surface area contributed by atoms with Crippen molar-refractivity contribution in [2.75, 3.05) is 25.5 Å². The Labute approximate surface area is 208 Å². The number of amides is 2. The maximum absolute atomic E-state index is 14.2. The van der Waals surface area contributed by atoms with Gasteiger partial charge in [0.05, 0.1) is 18.4 Å². The Bertz CT molecular complexity index is 1080. The second kappa shape index (κ2) is 8.69. The summed E-state index contributed by atoms with van der Waals surface area (Å²) in [7, 11) is 1.71. The van der Waals surface area contributed by atoms with Crippen LogP contribution in [0.1, 0.15) is 56.9 Å². The fourth-order valence-corrected chi connectivity index (χ4v) is 8.27. The molecule has 35 heavy (non-hydrogen) atoms. The van der Waals surface area contributed by atoms with Gasteiger partial charge in [-0.05, 0) is 98.4 Å². The zero-order chi connectivity index (χ0) is 24.0. The highest BCUT2D eigenvalue weighted by Crippen LogP contribution is 2.66. The van der Waals surface area contributed by atoms with Gasteiger partial charge in [0.15, 0.2) is 0 Å². The topological polar surface area (TPSA) is 58.6 Å². The van der Waals surface area contributed by atoms with Crippen LogP contribution >= 0.6 is 0 Å². The summed E-state index contributed by atoms with van der Waals surface area (Å²) in [4.78, 5) is 29.3. The van der Waals surface area contributed by atoms with E-state index < -0.39 is 0 Å². The molecule has 7 rings (SSSR count). The van der Waals surface area contributed by atoms with Gasteiger partial charge in [0.1, 0.15) is 5.75 Å². The molecule has 1 saturated heterocycles. The zero-order valence-electron chi connectivity index (χ0n) is 20.7. The third-order valence-corrected chi connectivity index (χ3v) is 9.34. The molecule has 2 aromatic rings. The van der Waals surface area contributed by atoms with Gasteiger partial charge in [-0.1, -0.05) is 30.3 Å². The van der Waals surface area contributed by atoms with Gasteiger partial charge in [-0.15, -0.1) is 0 Å². The van der Waals surface area contributed by atoms with Crippen molar-refractivity contribution in [3.05, 3.63) is 60.2 Å². The van der Waals surface area contributed by atoms with Crippen LogP contribution in [0.5, 0.6) is 5.75 Å². The molecule has 1 heterocycles. The van der Waals surface area contributed by atoms with E-state index >= 15 is 0 Å². The second-order valence-corrected chi connectivity index (χ2v) is 11.7. The summed E-state index contributed by atoms with van der Waals surface area (Å²) < 4.78 is 5.40. The van der Waals surface area contributed by atoms with Crippen molar-refractivity contribution in [3.63, 3.8) is 0 Å². The zero-order valence-corrected chi connectivity index (χ0v) is 20.7. The van der Waals surface area contributed by atoms with Crippen molar-refractivity contribution in [1.29, 1.82) is 0 Å². The van der Waals surface area contributed by atoms with E-state index in [0.717, 1.165) is 50.1 Å². The highest BCUT2D eigenvalue weighted by atomic mass is 16.5. The summed E-state index contributed by atoms with van der Waals surface area (Å²) in [6.45, 7) is 1.32. The molecule has 0 spiro atoms. The molecule has 3 unspecified atom stereocenters. The molecular formula is C30H36N2O3. The van der Waals surface area contributed by atoms with Crippen LogP contribution in [0, 0.1) is 23.2 Å². The van der Waals surface area contributed by atoms with Crippen LogP contribution < -0.4 is 10.1 Å². The predicted molar refractivity (Wildman–Crippen MR) is 136 cm³/mol. The van der Waals surface area contributed by atoms with E-state index in [1.54, 1.807) is 7.11 Å². The Morgan fingerprint density at radius 1 is 0.971 bits per heavy atom. The molecule has 5 fully saturated rings. The van der Waals surface area contributed by atoms with Crippen molar-refractivity contribution in [1.82, 2.24) is 4.90 Å². The second-order valence-electron chi connectivity index (χ2n) is 11.7. The maximum atomic E-state index is 14.2. The quantitative estimate of drug-likeness (QED) is 0.633. The molecule has 5 heteroatoms. The normalized spacial score (nSPS) is 33.4. The molecule has 5 aliphatic rings. The molecule has 5 nitrogen and oxygen atoms in total. The number of methoxy groups -OCH3 is 1. The number of carbonyl (C=O) groups excluding carboxylic acids is 2. The third kappa shape index (κ3) is 4.03. The molecule has 0 aromatic heterocycles. The molecule has 2 aromatic carbocycles. The van der Waals surface area contributed by atoms with Crippen molar-refractivity contribution < 1.29 is 14.3 Å². The van der Waals surface area contributed by atoms with Gasteiger partial charge >= 0.3 is 0 Å². The Kier molecular flexibility index (Phi) is 5.62. The lowest BCUT2D eigenvalue weighted by Crippen LogP contribution is -2.60. The lowest BCUT2D eigenvalue weighted by atomic mass is 9.42. The minimum Gasteiger partial charge on any atom is -0.497 e. The molecular weight excluding hydrogens is 436 g/mol. The number of piperidine rings is 1. The van der Waals surface area contributed by atoms with Crippen LogP contribution in [0.15, 0.2) is 54.6 Å². The van der Waals surface area contributed by atoms with Crippen LogP contribution in [0.2, 0.25) is 0 Å². The monoisotopic (exact) mass is 472 g/mol. The Morgan fingerprint density at radius 3 is 2.37 bits per heavy atom. The molecule has 4 aliphatic carbocycles. The number of benzene rings is 2. The first-order chi connectivity index (χ1) is 17.0. The molecule has 184 valence electrons. The Hall–Kier alpha value is -2.82. The van der Waals surface area contributed by atoms with Crippen molar-refractivity contribution in [2.24, 2.45) is 23.2 Å². The van der Waals surface area contributed by atoms with Gasteiger partial charge in [0.2, 0.25) is 11.8 Å². The molecule has 0 radical (unpaired) electrons. The number of ether oxygens (including phenoxy) is 1. The SMILES string of the molecule is COc1ccc(C23CC4CC(CC(C(=O)N5CCCC(C(=O)Nc6ccccc6)C5)(C4)C2)C3)cc1. The summed E-state index contributed by atoms with van der Waals surface area (Å²) in [5.74, 6) is 2.36. The lowest BCUT2D eigenvalue weighted by Gasteiger charge is -2.62. The molecule has 3 atom stereocenters. The van der Waals surface area contributed by atoms with E-state index in [0.29, 0.717) is 24.3 Å². The number of likely N-dealkylation sites (tertiary alicyclic amines) is 1. The van der Waals surface area contributed by atoms with Crippen LogP contribution in [0.4, 0.5) is 5.69 Å². The van der Waals surface area contributed by atoms with Crippen molar-refractivity contribution in [3.8, 4) is 5.75 Å². The van der Waals surface area contributed by atoms with Gasteiger partial charge in [0, 0.05) is 18.8 Å². The smallest absolute Gasteiger partial charge is 0.229 e. The number of rotatable bonds is 5.